The van der Waals surface area contributed by atoms with E-state index < -0.39 is 10.0 Å². The lowest BCUT2D eigenvalue weighted by atomic mass is 10.2. The van der Waals surface area contributed by atoms with Crippen molar-refractivity contribution in [2.75, 3.05) is 13.2 Å². The molecule has 0 aliphatic heterocycles. The first-order valence-corrected chi connectivity index (χ1v) is 8.43. The average Bonchev–Trinajstić information content (AvgIpc) is 2.58. The van der Waals surface area contributed by atoms with Crippen LogP contribution in [0.5, 0.6) is 0 Å². The number of thiophene rings is 1. The molecule has 1 aromatic rings. The number of sulfonamides is 1. The SMILES string of the molecule is Cc1sc(Br)cc1S(=O)(=O)NCCCCCO. The predicted molar refractivity (Wildman–Crippen MR) is 72.9 cm³/mol. The number of hydrogen-bond acceptors (Lipinski definition) is 4. The summed E-state index contributed by atoms with van der Waals surface area (Å²) in [6.07, 6.45) is 2.28. The Balaban J connectivity index is 2.54. The van der Waals surface area contributed by atoms with E-state index in [0.29, 0.717) is 17.9 Å². The van der Waals surface area contributed by atoms with Crippen LogP contribution in [0.1, 0.15) is 24.1 Å². The molecule has 0 atom stereocenters. The van der Waals surface area contributed by atoms with E-state index in [1.54, 1.807) is 13.0 Å². The number of aryl methyl sites for hydroxylation is 1. The van der Waals surface area contributed by atoms with Gasteiger partial charge in [-0.3, -0.25) is 0 Å². The van der Waals surface area contributed by atoms with Crippen molar-refractivity contribution < 1.29 is 13.5 Å². The second-order valence-corrected chi connectivity index (χ2v) is 8.02. The molecule has 0 fully saturated rings. The monoisotopic (exact) mass is 341 g/mol. The molecular weight excluding hydrogens is 326 g/mol. The predicted octanol–water partition coefficient (Wildman–Crippen LogP) is 2.26. The van der Waals surface area contributed by atoms with Gasteiger partial charge in [0.2, 0.25) is 10.0 Å². The van der Waals surface area contributed by atoms with Gasteiger partial charge in [0.15, 0.2) is 0 Å². The van der Waals surface area contributed by atoms with Gasteiger partial charge in [0.25, 0.3) is 0 Å². The summed E-state index contributed by atoms with van der Waals surface area (Å²) in [7, 11) is -3.39. The average molecular weight is 342 g/mol. The van der Waals surface area contributed by atoms with E-state index in [1.807, 2.05) is 0 Å². The van der Waals surface area contributed by atoms with E-state index in [4.69, 9.17) is 5.11 Å². The summed E-state index contributed by atoms with van der Waals surface area (Å²) < 4.78 is 27.2. The Labute approximate surface area is 114 Å². The van der Waals surface area contributed by atoms with Crippen LogP contribution in [0.4, 0.5) is 0 Å². The molecule has 0 bridgehead atoms. The number of halogens is 1. The summed E-state index contributed by atoms with van der Waals surface area (Å²) in [5, 5.41) is 8.60. The van der Waals surface area contributed by atoms with Crippen LogP contribution < -0.4 is 4.72 Å². The number of unbranched alkanes of at least 4 members (excludes halogenated alkanes) is 2. The van der Waals surface area contributed by atoms with Crippen molar-refractivity contribution in [3.05, 3.63) is 14.7 Å². The fraction of sp³-hybridized carbons (Fsp3) is 0.600. The third-order valence-electron chi connectivity index (χ3n) is 2.26. The molecule has 17 heavy (non-hydrogen) atoms. The minimum Gasteiger partial charge on any atom is -0.396 e. The number of hydrogen-bond donors (Lipinski definition) is 2. The van der Waals surface area contributed by atoms with E-state index in [0.717, 1.165) is 21.5 Å². The van der Waals surface area contributed by atoms with Gasteiger partial charge < -0.3 is 5.11 Å². The van der Waals surface area contributed by atoms with Gasteiger partial charge in [0.1, 0.15) is 0 Å². The van der Waals surface area contributed by atoms with Crippen molar-refractivity contribution in [1.82, 2.24) is 4.72 Å². The third-order valence-corrected chi connectivity index (χ3v) is 5.53. The lowest BCUT2D eigenvalue weighted by Gasteiger charge is -2.05. The summed E-state index contributed by atoms with van der Waals surface area (Å²) in [6.45, 7) is 2.36. The molecule has 1 heterocycles. The topological polar surface area (TPSA) is 66.4 Å². The van der Waals surface area contributed by atoms with E-state index >= 15 is 0 Å². The van der Waals surface area contributed by atoms with Gasteiger partial charge in [-0.25, -0.2) is 13.1 Å². The molecule has 1 rings (SSSR count). The molecule has 98 valence electrons. The highest BCUT2D eigenvalue weighted by Gasteiger charge is 2.18. The zero-order valence-electron chi connectivity index (χ0n) is 9.57. The fourth-order valence-electron chi connectivity index (χ4n) is 1.40. The highest BCUT2D eigenvalue weighted by Crippen LogP contribution is 2.29. The zero-order chi connectivity index (χ0) is 12.9. The van der Waals surface area contributed by atoms with Gasteiger partial charge in [-0.2, -0.15) is 0 Å². The van der Waals surface area contributed by atoms with Crippen LogP contribution in [0.2, 0.25) is 0 Å². The van der Waals surface area contributed by atoms with Gasteiger partial charge in [-0.1, -0.05) is 0 Å². The maximum Gasteiger partial charge on any atom is 0.241 e. The number of nitrogens with one attached hydrogen (secondary N) is 1. The minimum absolute atomic E-state index is 0.156. The lowest BCUT2D eigenvalue weighted by molar-refractivity contribution is 0.283. The largest absolute Gasteiger partial charge is 0.396 e. The third kappa shape index (κ3) is 4.67. The molecule has 0 saturated heterocycles. The number of rotatable bonds is 7. The van der Waals surface area contributed by atoms with E-state index in [-0.39, 0.29) is 6.61 Å². The van der Waals surface area contributed by atoms with Crippen molar-refractivity contribution in [1.29, 1.82) is 0 Å². The molecule has 0 unspecified atom stereocenters. The summed E-state index contributed by atoms with van der Waals surface area (Å²) in [6, 6.07) is 1.62. The van der Waals surface area contributed by atoms with Crippen molar-refractivity contribution in [2.45, 2.75) is 31.1 Å². The molecule has 0 aromatic carbocycles. The quantitative estimate of drug-likeness (QED) is 0.747. The Morgan fingerprint density at radius 1 is 1.41 bits per heavy atom. The first-order valence-electron chi connectivity index (χ1n) is 5.34. The van der Waals surface area contributed by atoms with Crippen LogP contribution in [-0.2, 0) is 10.0 Å². The first-order chi connectivity index (χ1) is 7.97. The van der Waals surface area contributed by atoms with Crippen molar-refractivity contribution >= 4 is 37.3 Å². The van der Waals surface area contributed by atoms with Gasteiger partial charge in [-0.05, 0) is 48.2 Å². The number of aliphatic hydroxyl groups is 1. The van der Waals surface area contributed by atoms with Crippen LogP contribution in [-0.4, -0.2) is 26.7 Å². The van der Waals surface area contributed by atoms with Gasteiger partial charge in [-0.15, -0.1) is 11.3 Å². The summed E-state index contributed by atoms with van der Waals surface area (Å²) in [5.41, 5.74) is 0. The molecular formula is C10H16BrNO3S2. The van der Waals surface area contributed by atoms with E-state index in [9.17, 15) is 8.42 Å². The van der Waals surface area contributed by atoms with Crippen molar-refractivity contribution in [2.24, 2.45) is 0 Å². The summed E-state index contributed by atoms with van der Waals surface area (Å²) in [5.74, 6) is 0. The first kappa shape index (κ1) is 15.1. The normalized spacial score (nSPS) is 11.9. The molecule has 0 aliphatic carbocycles. The molecule has 0 aliphatic rings. The van der Waals surface area contributed by atoms with Crippen LogP contribution in [0, 0.1) is 6.92 Å². The molecule has 0 radical (unpaired) electrons. The maximum atomic E-state index is 11.9. The Hall–Kier alpha value is 0.0500. The molecule has 0 spiro atoms. The highest BCUT2D eigenvalue weighted by molar-refractivity contribution is 9.11. The van der Waals surface area contributed by atoms with Gasteiger partial charge in [0, 0.05) is 18.0 Å². The molecule has 4 nitrogen and oxygen atoms in total. The van der Waals surface area contributed by atoms with Crippen LogP contribution >= 0.6 is 27.3 Å². The molecule has 0 saturated carbocycles. The molecule has 1 aromatic heterocycles. The standard InChI is InChI=1S/C10H16BrNO3S2/c1-8-9(7-10(11)16-8)17(14,15)12-5-3-2-4-6-13/h7,12-13H,2-6H2,1H3. The second-order valence-electron chi connectivity index (χ2n) is 3.65. The smallest absolute Gasteiger partial charge is 0.241 e. The molecule has 7 heteroatoms. The van der Waals surface area contributed by atoms with Crippen LogP contribution in [0.3, 0.4) is 0 Å². The Bertz CT molecular complexity index is 456. The lowest BCUT2D eigenvalue weighted by Crippen LogP contribution is -2.24. The minimum atomic E-state index is -3.39. The van der Waals surface area contributed by atoms with Crippen molar-refractivity contribution in [3.8, 4) is 0 Å². The van der Waals surface area contributed by atoms with E-state index in [1.165, 1.54) is 11.3 Å². The van der Waals surface area contributed by atoms with Crippen LogP contribution in [0.15, 0.2) is 14.7 Å². The fourth-order valence-corrected chi connectivity index (χ4v) is 4.88. The van der Waals surface area contributed by atoms with Gasteiger partial charge in [0.05, 0.1) is 8.68 Å². The van der Waals surface area contributed by atoms with E-state index in [2.05, 4.69) is 20.7 Å². The van der Waals surface area contributed by atoms with Crippen molar-refractivity contribution in [3.63, 3.8) is 0 Å². The highest BCUT2D eigenvalue weighted by atomic mass is 79.9. The zero-order valence-corrected chi connectivity index (χ0v) is 12.8. The summed E-state index contributed by atoms with van der Waals surface area (Å²) in [4.78, 5) is 1.12. The van der Waals surface area contributed by atoms with Gasteiger partial charge >= 0.3 is 0 Å². The second kappa shape index (κ2) is 6.84. The molecule has 2 N–H and O–H groups in total. The number of aliphatic hydroxyl groups excluding tert-OH is 1. The Morgan fingerprint density at radius 3 is 2.65 bits per heavy atom. The maximum absolute atomic E-state index is 11.9. The Morgan fingerprint density at radius 2 is 2.12 bits per heavy atom. The Kier molecular flexibility index (Phi) is 6.08. The van der Waals surface area contributed by atoms with Crippen LogP contribution in [0.25, 0.3) is 0 Å². The molecule has 0 amide bonds. The summed E-state index contributed by atoms with van der Waals surface area (Å²) >= 11 is 4.68.